The second-order valence-corrected chi connectivity index (χ2v) is 9.43. The Labute approximate surface area is 193 Å². The minimum Gasteiger partial charge on any atom is -0.497 e. The van der Waals surface area contributed by atoms with Crippen molar-refractivity contribution in [2.24, 2.45) is 0 Å². The van der Waals surface area contributed by atoms with E-state index in [0.29, 0.717) is 24.3 Å². The van der Waals surface area contributed by atoms with Crippen LogP contribution in [0.2, 0.25) is 0 Å². The highest BCUT2D eigenvalue weighted by Gasteiger charge is 2.37. The van der Waals surface area contributed by atoms with Gasteiger partial charge in [0.25, 0.3) is 0 Å². The summed E-state index contributed by atoms with van der Waals surface area (Å²) in [6.07, 6.45) is -4.38. The van der Waals surface area contributed by atoms with Crippen LogP contribution in [0, 0.1) is 0 Å². The molecule has 4 rings (SSSR count). The molecule has 0 unspecified atom stereocenters. The van der Waals surface area contributed by atoms with E-state index < -0.39 is 22.4 Å². The Balaban J connectivity index is 1.43. The summed E-state index contributed by atoms with van der Waals surface area (Å²) in [4.78, 5) is 6.36. The van der Waals surface area contributed by atoms with Crippen LogP contribution in [0.1, 0.15) is 18.4 Å². The number of hydrogen-bond donors (Lipinski definition) is 1. The first-order chi connectivity index (χ1) is 16.0. The maximum atomic E-state index is 12.7. The zero-order valence-electron chi connectivity index (χ0n) is 18.1. The quantitative estimate of drug-likeness (QED) is 0.529. The molecule has 0 amide bonds. The molecule has 2 atom stereocenters. The van der Waals surface area contributed by atoms with E-state index in [0.717, 1.165) is 12.1 Å². The molecule has 1 N–H and O–H groups in total. The molecule has 0 spiro atoms. The number of alkyl halides is 3. The molecule has 1 aliphatic heterocycles. The van der Waals surface area contributed by atoms with E-state index in [1.807, 2.05) is 4.90 Å². The molecule has 0 aliphatic carbocycles. The van der Waals surface area contributed by atoms with E-state index in [4.69, 9.17) is 9.26 Å². The molecule has 9 nitrogen and oxygen atoms in total. The molecule has 0 saturated carbocycles. The number of rotatable bonds is 7. The third-order valence-corrected chi connectivity index (χ3v) is 6.85. The van der Waals surface area contributed by atoms with Crippen molar-refractivity contribution in [1.82, 2.24) is 19.8 Å². The lowest BCUT2D eigenvalue weighted by atomic mass is 10.2. The second-order valence-electron chi connectivity index (χ2n) is 7.71. The number of methoxy groups -OCH3 is 1. The summed E-state index contributed by atoms with van der Waals surface area (Å²) < 4.78 is 79.4. The van der Waals surface area contributed by atoms with Gasteiger partial charge in [0.15, 0.2) is 0 Å². The summed E-state index contributed by atoms with van der Waals surface area (Å²) in [5.41, 5.74) is 0.446. The number of benzene rings is 2. The number of aromatic nitrogens is 2. The van der Waals surface area contributed by atoms with E-state index in [2.05, 4.69) is 19.6 Å². The van der Waals surface area contributed by atoms with Gasteiger partial charge in [0.05, 0.1) is 18.0 Å². The Morgan fingerprint density at radius 1 is 1.09 bits per heavy atom. The van der Waals surface area contributed by atoms with Gasteiger partial charge in [-0.3, -0.25) is 4.90 Å². The Bertz CT molecular complexity index is 1230. The smallest absolute Gasteiger partial charge is 0.497 e. The third kappa shape index (κ3) is 5.48. The summed E-state index contributed by atoms with van der Waals surface area (Å²) in [6.45, 7) is 0.418. The fourth-order valence-electron chi connectivity index (χ4n) is 3.71. The maximum absolute atomic E-state index is 12.7. The van der Waals surface area contributed by atoms with E-state index in [9.17, 15) is 21.6 Å². The van der Waals surface area contributed by atoms with Crippen molar-refractivity contribution in [3.05, 3.63) is 54.4 Å². The predicted octanol–water partition coefficient (Wildman–Crippen LogP) is 3.37. The van der Waals surface area contributed by atoms with E-state index >= 15 is 0 Å². The van der Waals surface area contributed by atoms with Gasteiger partial charge in [-0.2, -0.15) is 4.98 Å². The highest BCUT2D eigenvalue weighted by molar-refractivity contribution is 7.89. The molecule has 2 aromatic carbocycles. The van der Waals surface area contributed by atoms with Crippen molar-refractivity contribution in [3.8, 4) is 22.9 Å². The first-order valence-corrected chi connectivity index (χ1v) is 11.6. The Hall–Kier alpha value is -3.16. The molecular formula is C21H21F3N4O5S. The SMILES string of the molecule is COc1ccc(S(=O)(=O)N[C@H]2C[C@@H](c3nc(-c4ccc(OC(F)(F)F)cc4)no3)N(C)C2)cc1. The monoisotopic (exact) mass is 498 g/mol. The normalized spacial score (nSPS) is 19.3. The zero-order chi connectivity index (χ0) is 24.5. The second kappa shape index (κ2) is 9.24. The number of sulfonamides is 1. The van der Waals surface area contributed by atoms with Gasteiger partial charge in [-0.05, 0) is 62.0 Å². The Kier molecular flexibility index (Phi) is 6.51. The van der Waals surface area contributed by atoms with Gasteiger partial charge in [0.1, 0.15) is 11.5 Å². The number of ether oxygens (including phenoxy) is 2. The number of nitrogens with zero attached hydrogens (tertiary/aromatic N) is 3. The van der Waals surface area contributed by atoms with Crippen LogP contribution in [0.25, 0.3) is 11.4 Å². The number of likely N-dealkylation sites (tertiary alicyclic amines) is 1. The molecule has 182 valence electrons. The highest BCUT2D eigenvalue weighted by atomic mass is 32.2. The molecule has 1 saturated heterocycles. The van der Waals surface area contributed by atoms with Crippen LogP contribution in [0.15, 0.2) is 57.9 Å². The lowest BCUT2D eigenvalue weighted by Crippen LogP contribution is -2.36. The summed E-state index contributed by atoms with van der Waals surface area (Å²) in [7, 11) is -0.442. The average Bonchev–Trinajstić information content (AvgIpc) is 3.39. The van der Waals surface area contributed by atoms with Crippen LogP contribution in [0.3, 0.4) is 0 Å². The summed E-state index contributed by atoms with van der Waals surface area (Å²) in [5.74, 6) is 0.667. The van der Waals surface area contributed by atoms with Crippen molar-refractivity contribution in [2.75, 3.05) is 20.7 Å². The zero-order valence-corrected chi connectivity index (χ0v) is 18.9. The van der Waals surface area contributed by atoms with Crippen LogP contribution in [-0.2, 0) is 10.0 Å². The van der Waals surface area contributed by atoms with E-state index in [1.165, 1.54) is 31.4 Å². The molecule has 0 bridgehead atoms. The lowest BCUT2D eigenvalue weighted by molar-refractivity contribution is -0.274. The topological polar surface area (TPSA) is 107 Å². The Morgan fingerprint density at radius 3 is 2.35 bits per heavy atom. The minimum atomic E-state index is -4.78. The standard InChI is InChI=1S/C21H21F3N4O5S/c1-28-12-14(27-34(29,30)17-9-7-15(31-2)8-10-17)11-18(28)20-25-19(26-33-20)13-3-5-16(6-4-13)32-21(22,23)24/h3-10,14,18,27H,11-12H2,1-2H3/t14-,18-/m0/s1. The number of halogens is 3. The molecule has 13 heteroatoms. The minimum absolute atomic E-state index is 0.123. The average molecular weight is 498 g/mol. The highest BCUT2D eigenvalue weighted by Crippen LogP contribution is 2.32. The van der Waals surface area contributed by atoms with Crippen molar-refractivity contribution in [2.45, 2.75) is 29.8 Å². The summed E-state index contributed by atoms with van der Waals surface area (Å²) >= 11 is 0. The number of hydrogen-bond acceptors (Lipinski definition) is 8. The summed E-state index contributed by atoms with van der Waals surface area (Å²) in [6, 6.07) is 10.4. The van der Waals surface area contributed by atoms with Gasteiger partial charge < -0.3 is 14.0 Å². The van der Waals surface area contributed by atoms with E-state index in [-0.39, 0.29) is 28.4 Å². The van der Waals surface area contributed by atoms with Crippen molar-refractivity contribution in [3.63, 3.8) is 0 Å². The first-order valence-electron chi connectivity index (χ1n) is 10.1. The number of likely N-dealkylation sites (N-methyl/N-ethyl adjacent to an activating group) is 1. The molecular weight excluding hydrogens is 477 g/mol. The van der Waals surface area contributed by atoms with Crippen molar-refractivity contribution in [1.29, 1.82) is 0 Å². The predicted molar refractivity (Wildman–Crippen MR) is 114 cm³/mol. The van der Waals surface area contributed by atoms with Crippen molar-refractivity contribution < 1.29 is 35.6 Å². The van der Waals surface area contributed by atoms with Gasteiger partial charge in [0.2, 0.25) is 21.7 Å². The Morgan fingerprint density at radius 2 is 1.74 bits per heavy atom. The van der Waals surface area contributed by atoms with Gasteiger partial charge in [0, 0.05) is 18.2 Å². The van der Waals surface area contributed by atoms with Crippen LogP contribution in [-0.4, -0.2) is 56.6 Å². The van der Waals surface area contributed by atoms with Crippen LogP contribution in [0.4, 0.5) is 13.2 Å². The van der Waals surface area contributed by atoms with Gasteiger partial charge in [-0.25, -0.2) is 13.1 Å². The molecule has 34 heavy (non-hydrogen) atoms. The largest absolute Gasteiger partial charge is 0.573 e. The van der Waals surface area contributed by atoms with Crippen LogP contribution in [0.5, 0.6) is 11.5 Å². The first kappa shape index (κ1) is 24.0. The molecule has 2 heterocycles. The van der Waals surface area contributed by atoms with Gasteiger partial charge in [-0.1, -0.05) is 5.16 Å². The summed E-state index contributed by atoms with van der Waals surface area (Å²) in [5, 5.41) is 3.91. The van der Waals surface area contributed by atoms with Crippen molar-refractivity contribution >= 4 is 10.0 Å². The molecule has 1 fully saturated rings. The van der Waals surface area contributed by atoms with Gasteiger partial charge >= 0.3 is 6.36 Å². The molecule has 1 aromatic heterocycles. The van der Waals surface area contributed by atoms with Crippen LogP contribution < -0.4 is 14.2 Å². The molecule has 3 aromatic rings. The molecule has 0 radical (unpaired) electrons. The third-order valence-electron chi connectivity index (χ3n) is 5.31. The fraction of sp³-hybridized carbons (Fsp3) is 0.333. The number of nitrogens with one attached hydrogen (secondary N) is 1. The van der Waals surface area contributed by atoms with Crippen LogP contribution >= 0.6 is 0 Å². The van der Waals surface area contributed by atoms with Gasteiger partial charge in [-0.15, -0.1) is 13.2 Å². The lowest BCUT2D eigenvalue weighted by Gasteiger charge is -2.14. The fourth-order valence-corrected chi connectivity index (χ4v) is 4.95. The maximum Gasteiger partial charge on any atom is 0.573 e. The molecule has 1 aliphatic rings. The van der Waals surface area contributed by atoms with E-state index in [1.54, 1.807) is 19.2 Å².